The van der Waals surface area contributed by atoms with E-state index in [1.807, 2.05) is 29.6 Å². The van der Waals surface area contributed by atoms with Crippen molar-refractivity contribution in [3.8, 4) is 0 Å². The Morgan fingerprint density at radius 3 is 2.74 bits per heavy atom. The number of aromatic nitrogens is 2. The van der Waals surface area contributed by atoms with Gasteiger partial charge < -0.3 is 0 Å². The second-order valence-corrected chi connectivity index (χ2v) is 5.29. The fraction of sp³-hybridized carbons (Fsp3) is 0.133. The van der Waals surface area contributed by atoms with Crippen LogP contribution in [0.4, 0.5) is 0 Å². The van der Waals surface area contributed by atoms with E-state index in [2.05, 4.69) is 16.0 Å². The minimum Gasteiger partial charge on any atom is -0.294 e. The van der Waals surface area contributed by atoms with Gasteiger partial charge in [-0.05, 0) is 36.1 Å². The van der Waals surface area contributed by atoms with Crippen LogP contribution in [0.25, 0.3) is 11.0 Å². The summed E-state index contributed by atoms with van der Waals surface area (Å²) < 4.78 is 0. The van der Waals surface area contributed by atoms with Gasteiger partial charge in [0.05, 0.1) is 11.0 Å². The number of Topliss-reactive ketones (excluding diaryl/α,β-unsaturated/α-hetero) is 1. The molecule has 0 unspecified atom stereocenters. The number of carbonyl (C=O) groups excluding carboxylic acids is 1. The summed E-state index contributed by atoms with van der Waals surface area (Å²) in [6.07, 6.45) is 4.63. The van der Waals surface area contributed by atoms with Crippen LogP contribution in [0.1, 0.15) is 21.7 Å². The molecular formula is C15H12N2OS. The fourth-order valence-corrected chi connectivity index (χ4v) is 2.68. The molecule has 0 atom stereocenters. The zero-order valence-corrected chi connectivity index (χ0v) is 11.1. The summed E-state index contributed by atoms with van der Waals surface area (Å²) in [4.78, 5) is 21.8. The van der Waals surface area contributed by atoms with Crippen molar-refractivity contribution in [3.63, 3.8) is 0 Å². The molecule has 0 saturated heterocycles. The first kappa shape index (κ1) is 12.0. The highest BCUT2D eigenvalue weighted by Gasteiger charge is 2.08. The highest BCUT2D eigenvalue weighted by molar-refractivity contribution is 7.09. The van der Waals surface area contributed by atoms with Crippen molar-refractivity contribution in [3.05, 3.63) is 58.5 Å². The van der Waals surface area contributed by atoms with E-state index in [-0.39, 0.29) is 5.78 Å². The molecule has 2 aromatic heterocycles. The molecular weight excluding hydrogens is 256 g/mol. The van der Waals surface area contributed by atoms with Gasteiger partial charge in [0.15, 0.2) is 5.78 Å². The van der Waals surface area contributed by atoms with Crippen LogP contribution >= 0.6 is 11.3 Å². The maximum atomic E-state index is 12.1. The first-order chi connectivity index (χ1) is 9.33. The molecule has 2 heterocycles. The van der Waals surface area contributed by atoms with Crippen LogP contribution in [-0.4, -0.2) is 15.8 Å². The number of carbonyl (C=O) groups is 1. The first-order valence-electron chi connectivity index (χ1n) is 6.09. The van der Waals surface area contributed by atoms with E-state index in [9.17, 15) is 4.79 Å². The molecule has 0 saturated carbocycles. The molecule has 19 heavy (non-hydrogen) atoms. The molecule has 0 N–H and O–H groups in total. The Morgan fingerprint density at radius 2 is 1.95 bits per heavy atom. The van der Waals surface area contributed by atoms with Crippen LogP contribution in [0.5, 0.6) is 0 Å². The second-order valence-electron chi connectivity index (χ2n) is 4.26. The van der Waals surface area contributed by atoms with E-state index in [0.717, 1.165) is 17.5 Å². The molecule has 4 heteroatoms. The van der Waals surface area contributed by atoms with Crippen molar-refractivity contribution in [1.82, 2.24) is 9.97 Å². The lowest BCUT2D eigenvalue weighted by Crippen LogP contribution is -2.01. The predicted molar refractivity (Wildman–Crippen MR) is 76.5 cm³/mol. The average molecular weight is 268 g/mol. The molecule has 0 aliphatic heterocycles. The summed E-state index contributed by atoms with van der Waals surface area (Å²) in [5.74, 6) is 0.154. The molecule has 3 rings (SSSR count). The number of nitrogens with zero attached hydrogens (tertiary/aromatic N) is 2. The minimum atomic E-state index is 0.154. The number of ketones is 1. The Bertz CT molecular complexity index is 707. The second kappa shape index (κ2) is 5.28. The summed E-state index contributed by atoms with van der Waals surface area (Å²) in [6.45, 7) is 0. The topological polar surface area (TPSA) is 42.9 Å². The van der Waals surface area contributed by atoms with Gasteiger partial charge in [0, 0.05) is 29.3 Å². The number of hydrogen-bond donors (Lipinski definition) is 0. The number of fused-ring (bicyclic) bond motifs is 1. The van der Waals surface area contributed by atoms with E-state index in [1.165, 1.54) is 4.88 Å². The van der Waals surface area contributed by atoms with E-state index in [1.54, 1.807) is 23.7 Å². The van der Waals surface area contributed by atoms with Gasteiger partial charge in [-0.15, -0.1) is 11.3 Å². The zero-order valence-electron chi connectivity index (χ0n) is 10.2. The van der Waals surface area contributed by atoms with Crippen molar-refractivity contribution in [2.45, 2.75) is 12.8 Å². The number of rotatable bonds is 4. The van der Waals surface area contributed by atoms with Crippen LogP contribution in [0.3, 0.4) is 0 Å². The molecule has 0 spiro atoms. The molecule has 1 aromatic carbocycles. The fourth-order valence-electron chi connectivity index (χ4n) is 1.97. The van der Waals surface area contributed by atoms with E-state index >= 15 is 0 Å². The van der Waals surface area contributed by atoms with E-state index in [0.29, 0.717) is 12.0 Å². The third kappa shape index (κ3) is 2.69. The van der Waals surface area contributed by atoms with Crippen molar-refractivity contribution in [2.75, 3.05) is 0 Å². The molecule has 0 aliphatic carbocycles. The van der Waals surface area contributed by atoms with Gasteiger partial charge in [0.2, 0.25) is 0 Å². The number of aryl methyl sites for hydroxylation is 1. The molecule has 0 bridgehead atoms. The Morgan fingerprint density at radius 1 is 1.11 bits per heavy atom. The van der Waals surface area contributed by atoms with E-state index in [4.69, 9.17) is 0 Å². The highest BCUT2D eigenvalue weighted by atomic mass is 32.1. The number of benzene rings is 1. The van der Waals surface area contributed by atoms with Gasteiger partial charge in [-0.1, -0.05) is 6.07 Å². The van der Waals surface area contributed by atoms with Gasteiger partial charge in [-0.3, -0.25) is 14.8 Å². The standard InChI is InChI=1S/C15H12N2OS/c18-15(6-4-12-2-1-9-19-12)11-3-5-13-14(10-11)17-8-7-16-13/h1-3,5,7-10H,4,6H2. The van der Waals surface area contributed by atoms with Crippen molar-refractivity contribution >= 4 is 28.2 Å². The average Bonchev–Trinajstić information content (AvgIpc) is 2.97. The van der Waals surface area contributed by atoms with Crippen molar-refractivity contribution in [2.24, 2.45) is 0 Å². The maximum Gasteiger partial charge on any atom is 0.163 e. The summed E-state index contributed by atoms with van der Waals surface area (Å²) in [7, 11) is 0. The zero-order chi connectivity index (χ0) is 13.1. The highest BCUT2D eigenvalue weighted by Crippen LogP contribution is 2.16. The van der Waals surface area contributed by atoms with Crippen molar-refractivity contribution < 1.29 is 4.79 Å². The van der Waals surface area contributed by atoms with Crippen LogP contribution in [0.2, 0.25) is 0 Å². The van der Waals surface area contributed by atoms with Crippen LogP contribution < -0.4 is 0 Å². The lowest BCUT2D eigenvalue weighted by molar-refractivity contribution is 0.0983. The molecule has 0 amide bonds. The molecule has 94 valence electrons. The van der Waals surface area contributed by atoms with Crippen LogP contribution in [0, 0.1) is 0 Å². The van der Waals surface area contributed by atoms with Gasteiger partial charge in [0.25, 0.3) is 0 Å². The monoisotopic (exact) mass is 268 g/mol. The third-order valence-corrected chi connectivity index (χ3v) is 3.91. The number of thiophene rings is 1. The summed E-state index contributed by atoms with van der Waals surface area (Å²) in [6, 6.07) is 9.56. The molecule has 3 nitrogen and oxygen atoms in total. The summed E-state index contributed by atoms with van der Waals surface area (Å²) >= 11 is 1.69. The quantitative estimate of drug-likeness (QED) is 0.680. The Balaban J connectivity index is 1.77. The van der Waals surface area contributed by atoms with Crippen molar-refractivity contribution in [1.29, 1.82) is 0 Å². The van der Waals surface area contributed by atoms with E-state index < -0.39 is 0 Å². The lowest BCUT2D eigenvalue weighted by atomic mass is 10.1. The van der Waals surface area contributed by atoms with Gasteiger partial charge in [-0.25, -0.2) is 0 Å². The molecule has 0 radical (unpaired) electrons. The normalized spacial score (nSPS) is 10.7. The number of hydrogen-bond acceptors (Lipinski definition) is 4. The molecule has 0 fully saturated rings. The van der Waals surface area contributed by atoms with Gasteiger partial charge in [0.1, 0.15) is 0 Å². The predicted octanol–water partition coefficient (Wildman–Crippen LogP) is 3.51. The Hall–Kier alpha value is -2.07. The lowest BCUT2D eigenvalue weighted by Gasteiger charge is -2.01. The van der Waals surface area contributed by atoms with Crippen LogP contribution in [-0.2, 0) is 6.42 Å². The Labute approximate surface area is 115 Å². The summed E-state index contributed by atoms with van der Waals surface area (Å²) in [5, 5.41) is 2.03. The van der Waals surface area contributed by atoms with Gasteiger partial charge in [-0.2, -0.15) is 0 Å². The Kier molecular flexibility index (Phi) is 3.33. The molecule has 0 aliphatic rings. The SMILES string of the molecule is O=C(CCc1cccs1)c1ccc2nccnc2c1. The smallest absolute Gasteiger partial charge is 0.163 e. The third-order valence-electron chi connectivity index (χ3n) is 2.97. The minimum absolute atomic E-state index is 0.154. The van der Waals surface area contributed by atoms with Gasteiger partial charge >= 0.3 is 0 Å². The van der Waals surface area contributed by atoms with Crippen LogP contribution in [0.15, 0.2) is 48.1 Å². The first-order valence-corrected chi connectivity index (χ1v) is 6.97. The molecule has 3 aromatic rings. The maximum absolute atomic E-state index is 12.1. The largest absolute Gasteiger partial charge is 0.294 e. The summed E-state index contributed by atoms with van der Waals surface area (Å²) in [5.41, 5.74) is 2.30.